The second kappa shape index (κ2) is 3.92. The molecule has 0 fully saturated rings. The van der Waals surface area contributed by atoms with Crippen molar-refractivity contribution in [2.75, 3.05) is 0 Å². The van der Waals surface area contributed by atoms with E-state index in [4.69, 9.17) is 4.42 Å². The lowest BCUT2D eigenvalue weighted by Crippen LogP contribution is -2.02. The van der Waals surface area contributed by atoms with Crippen LogP contribution in [0, 0.1) is 0 Å². The number of hydrogen-bond donors (Lipinski definition) is 0. The van der Waals surface area contributed by atoms with Gasteiger partial charge in [-0.1, -0.05) is 30.3 Å². The highest BCUT2D eigenvalue weighted by atomic mass is 16.3. The van der Waals surface area contributed by atoms with Gasteiger partial charge in [-0.3, -0.25) is 9.59 Å². The summed E-state index contributed by atoms with van der Waals surface area (Å²) in [6.45, 7) is 0. The molecule has 0 saturated carbocycles. The van der Waals surface area contributed by atoms with Crippen molar-refractivity contribution in [2.24, 2.45) is 0 Å². The van der Waals surface area contributed by atoms with Crippen LogP contribution in [-0.2, 0) is 0 Å². The third kappa shape index (κ3) is 1.72. The fourth-order valence-corrected chi connectivity index (χ4v) is 1.34. The minimum absolute atomic E-state index is 0.0730. The Morgan fingerprint density at radius 1 is 1.13 bits per heavy atom. The molecule has 0 amide bonds. The zero-order valence-corrected chi connectivity index (χ0v) is 7.84. The molecule has 0 aliphatic carbocycles. The summed E-state index contributed by atoms with van der Waals surface area (Å²) in [5, 5.41) is 0. The van der Waals surface area contributed by atoms with Gasteiger partial charge in [0, 0.05) is 5.56 Å². The van der Waals surface area contributed by atoms with Crippen LogP contribution < -0.4 is 0 Å². The average Bonchev–Trinajstić information content (AvgIpc) is 2.77. The zero-order valence-electron chi connectivity index (χ0n) is 7.84. The van der Waals surface area contributed by atoms with Crippen molar-refractivity contribution in [3.8, 4) is 0 Å². The van der Waals surface area contributed by atoms with Crippen molar-refractivity contribution in [3.05, 3.63) is 59.5 Å². The van der Waals surface area contributed by atoms with Crippen LogP contribution in [0.1, 0.15) is 26.5 Å². The van der Waals surface area contributed by atoms with Crippen molar-refractivity contribution in [2.45, 2.75) is 0 Å². The molecule has 0 N–H and O–H groups in total. The molecule has 15 heavy (non-hydrogen) atoms. The smallest absolute Gasteiger partial charge is 0.197 e. The summed E-state index contributed by atoms with van der Waals surface area (Å²) >= 11 is 0. The van der Waals surface area contributed by atoms with Gasteiger partial charge in [0.25, 0.3) is 0 Å². The molecule has 0 aliphatic heterocycles. The van der Waals surface area contributed by atoms with Crippen molar-refractivity contribution >= 4 is 12.1 Å². The van der Waals surface area contributed by atoms with Crippen LogP contribution in [0.3, 0.4) is 0 Å². The first-order valence-corrected chi connectivity index (χ1v) is 4.45. The van der Waals surface area contributed by atoms with Gasteiger partial charge >= 0.3 is 0 Å². The van der Waals surface area contributed by atoms with Crippen LogP contribution in [0.2, 0.25) is 0 Å². The fraction of sp³-hybridized carbons (Fsp3) is 0. The molecule has 1 aromatic carbocycles. The Morgan fingerprint density at radius 2 is 1.87 bits per heavy atom. The second-order valence-electron chi connectivity index (χ2n) is 3.01. The van der Waals surface area contributed by atoms with Gasteiger partial charge in [0.1, 0.15) is 0 Å². The summed E-state index contributed by atoms with van der Waals surface area (Å²) in [6.07, 6.45) is 1.87. The second-order valence-corrected chi connectivity index (χ2v) is 3.01. The van der Waals surface area contributed by atoms with Gasteiger partial charge in [-0.05, 0) is 6.07 Å². The minimum Gasteiger partial charge on any atom is -0.461 e. The molecule has 1 aromatic heterocycles. The first kappa shape index (κ1) is 9.40. The van der Waals surface area contributed by atoms with E-state index in [0.29, 0.717) is 17.4 Å². The number of benzene rings is 1. The van der Waals surface area contributed by atoms with Crippen LogP contribution in [0.25, 0.3) is 0 Å². The van der Waals surface area contributed by atoms with E-state index in [0.717, 1.165) is 0 Å². The lowest BCUT2D eigenvalue weighted by molar-refractivity contribution is 0.102. The van der Waals surface area contributed by atoms with Gasteiger partial charge in [-0.15, -0.1) is 0 Å². The Bertz CT molecular complexity index is 483. The minimum atomic E-state index is -0.202. The first-order chi connectivity index (χ1) is 7.33. The first-order valence-electron chi connectivity index (χ1n) is 4.45. The van der Waals surface area contributed by atoms with Crippen LogP contribution in [-0.4, -0.2) is 12.1 Å². The molecule has 0 saturated heterocycles. The molecule has 74 valence electrons. The average molecular weight is 200 g/mol. The van der Waals surface area contributed by atoms with E-state index in [1.54, 1.807) is 24.3 Å². The normalized spacial score (nSPS) is 9.87. The standard InChI is InChI=1S/C12H8O3/c13-8-11-10(6-7-15-11)12(14)9-4-2-1-3-5-9/h1-8H. The molecule has 2 aromatic rings. The van der Waals surface area contributed by atoms with E-state index < -0.39 is 0 Å². The van der Waals surface area contributed by atoms with E-state index in [9.17, 15) is 9.59 Å². The molecule has 0 aliphatic rings. The molecule has 2 rings (SSSR count). The van der Waals surface area contributed by atoms with Gasteiger partial charge in [-0.25, -0.2) is 0 Å². The number of ketones is 1. The number of carbonyl (C=O) groups is 2. The summed E-state index contributed by atoms with van der Waals surface area (Å²) < 4.78 is 4.87. The maximum atomic E-state index is 11.9. The Labute approximate surface area is 86.3 Å². The van der Waals surface area contributed by atoms with E-state index >= 15 is 0 Å². The van der Waals surface area contributed by atoms with Crippen LogP contribution in [0.5, 0.6) is 0 Å². The Kier molecular flexibility index (Phi) is 2.46. The summed E-state index contributed by atoms with van der Waals surface area (Å²) in [4.78, 5) is 22.4. The molecule has 3 nitrogen and oxygen atoms in total. The predicted molar refractivity (Wildman–Crippen MR) is 54.0 cm³/mol. The van der Waals surface area contributed by atoms with Crippen LogP contribution in [0.15, 0.2) is 47.1 Å². The van der Waals surface area contributed by atoms with Gasteiger partial charge < -0.3 is 4.42 Å². The van der Waals surface area contributed by atoms with Gasteiger partial charge in [0.15, 0.2) is 17.8 Å². The van der Waals surface area contributed by atoms with Crippen molar-refractivity contribution in [1.29, 1.82) is 0 Å². The largest absolute Gasteiger partial charge is 0.461 e. The Morgan fingerprint density at radius 3 is 2.53 bits per heavy atom. The van der Waals surface area contributed by atoms with E-state index in [1.165, 1.54) is 12.3 Å². The number of hydrogen-bond acceptors (Lipinski definition) is 3. The quantitative estimate of drug-likeness (QED) is 0.564. The van der Waals surface area contributed by atoms with Crippen molar-refractivity contribution in [3.63, 3.8) is 0 Å². The lowest BCUT2D eigenvalue weighted by Gasteiger charge is -1.97. The van der Waals surface area contributed by atoms with E-state index in [2.05, 4.69) is 0 Å². The molecule has 0 radical (unpaired) electrons. The molecule has 3 heteroatoms. The maximum absolute atomic E-state index is 11.9. The Balaban J connectivity index is 2.41. The fourth-order valence-electron chi connectivity index (χ4n) is 1.34. The third-order valence-electron chi connectivity index (χ3n) is 2.08. The summed E-state index contributed by atoms with van der Waals surface area (Å²) in [5.74, 6) is -0.129. The highest BCUT2D eigenvalue weighted by Crippen LogP contribution is 2.13. The zero-order chi connectivity index (χ0) is 10.7. The molecule has 0 unspecified atom stereocenters. The molecular formula is C12H8O3. The van der Waals surface area contributed by atoms with Gasteiger partial charge in [-0.2, -0.15) is 0 Å². The third-order valence-corrected chi connectivity index (χ3v) is 2.08. The predicted octanol–water partition coefficient (Wildman–Crippen LogP) is 2.32. The summed E-state index contributed by atoms with van der Waals surface area (Å²) in [6, 6.07) is 10.3. The molecule has 0 bridgehead atoms. The van der Waals surface area contributed by atoms with Crippen LogP contribution in [0.4, 0.5) is 0 Å². The molecular weight excluding hydrogens is 192 g/mol. The molecule has 0 atom stereocenters. The van der Waals surface area contributed by atoms with E-state index in [-0.39, 0.29) is 11.5 Å². The van der Waals surface area contributed by atoms with E-state index in [1.807, 2.05) is 6.07 Å². The molecule has 1 heterocycles. The highest BCUT2D eigenvalue weighted by Gasteiger charge is 2.15. The summed E-state index contributed by atoms with van der Waals surface area (Å²) in [7, 11) is 0. The SMILES string of the molecule is O=Cc1occc1C(=O)c1ccccc1. The lowest BCUT2D eigenvalue weighted by atomic mass is 10.0. The van der Waals surface area contributed by atoms with Gasteiger partial charge in [0.2, 0.25) is 0 Å². The number of furan rings is 1. The summed E-state index contributed by atoms with van der Waals surface area (Å²) in [5.41, 5.74) is 0.846. The number of aldehydes is 1. The van der Waals surface area contributed by atoms with Crippen LogP contribution >= 0.6 is 0 Å². The van der Waals surface area contributed by atoms with Gasteiger partial charge in [0.05, 0.1) is 11.8 Å². The monoisotopic (exact) mass is 200 g/mol. The topological polar surface area (TPSA) is 47.3 Å². The van der Waals surface area contributed by atoms with Crippen molar-refractivity contribution < 1.29 is 14.0 Å². The maximum Gasteiger partial charge on any atom is 0.197 e. The van der Waals surface area contributed by atoms with Crippen molar-refractivity contribution in [1.82, 2.24) is 0 Å². The number of rotatable bonds is 3. The highest BCUT2D eigenvalue weighted by molar-refractivity contribution is 6.12. The number of carbonyl (C=O) groups excluding carboxylic acids is 2. The molecule has 0 spiro atoms. The Hall–Kier alpha value is -2.16.